The lowest BCUT2D eigenvalue weighted by atomic mass is 10.1. The third kappa shape index (κ3) is 3.40. The summed E-state index contributed by atoms with van der Waals surface area (Å²) in [6.07, 6.45) is 3.81. The molecule has 0 saturated carbocycles. The van der Waals surface area contributed by atoms with Gasteiger partial charge in [0.1, 0.15) is 6.20 Å². The molecule has 9 heteroatoms. The van der Waals surface area contributed by atoms with Crippen molar-refractivity contribution in [3.05, 3.63) is 28.4 Å². The van der Waals surface area contributed by atoms with E-state index < -0.39 is 4.92 Å². The molecule has 0 amide bonds. The number of imidazole rings is 1. The van der Waals surface area contributed by atoms with Crippen LogP contribution in [0.15, 0.2) is 18.3 Å². The van der Waals surface area contributed by atoms with Gasteiger partial charge in [0.2, 0.25) is 5.65 Å². The van der Waals surface area contributed by atoms with Crippen LogP contribution < -0.4 is 4.90 Å². The Kier molecular flexibility index (Phi) is 4.68. The third-order valence-electron chi connectivity index (χ3n) is 3.94. The smallest absolute Gasteiger partial charge is 0.368 e. The molecule has 0 radical (unpaired) electrons. The molecule has 9 nitrogen and oxygen atoms in total. The van der Waals surface area contributed by atoms with E-state index in [1.165, 1.54) is 10.7 Å². The molecule has 0 unspecified atom stereocenters. The molecule has 1 N–H and O–H groups in total. The van der Waals surface area contributed by atoms with E-state index >= 15 is 0 Å². The lowest BCUT2D eigenvalue weighted by molar-refractivity contribution is -0.391. The number of aromatic nitrogens is 3. The van der Waals surface area contributed by atoms with Gasteiger partial charge in [-0.3, -0.25) is 0 Å². The Bertz CT molecular complexity index is 681. The van der Waals surface area contributed by atoms with Crippen molar-refractivity contribution in [1.29, 1.82) is 0 Å². The number of nitro groups is 1. The van der Waals surface area contributed by atoms with Gasteiger partial charge in [0.25, 0.3) is 0 Å². The summed E-state index contributed by atoms with van der Waals surface area (Å²) in [7, 11) is 0. The molecule has 23 heavy (non-hydrogen) atoms. The molecule has 0 bridgehead atoms. The van der Waals surface area contributed by atoms with Crippen molar-refractivity contribution >= 4 is 17.3 Å². The quantitative estimate of drug-likeness (QED) is 0.480. The normalized spacial score (nSPS) is 16.1. The maximum Gasteiger partial charge on any atom is 0.368 e. The van der Waals surface area contributed by atoms with Crippen molar-refractivity contribution in [3.8, 4) is 0 Å². The second-order valence-corrected chi connectivity index (χ2v) is 5.47. The van der Waals surface area contributed by atoms with Crippen molar-refractivity contribution in [2.75, 3.05) is 31.2 Å². The third-order valence-corrected chi connectivity index (χ3v) is 3.94. The largest absolute Gasteiger partial charge is 0.396 e. The first-order chi connectivity index (χ1) is 11.2. The van der Waals surface area contributed by atoms with Crippen LogP contribution in [0.25, 0.3) is 5.65 Å². The lowest BCUT2D eigenvalue weighted by Gasteiger charge is -2.32. The highest BCUT2D eigenvalue weighted by Crippen LogP contribution is 2.21. The van der Waals surface area contributed by atoms with Gasteiger partial charge in [-0.05, 0) is 30.3 Å². The van der Waals surface area contributed by atoms with Crippen LogP contribution in [0.5, 0.6) is 0 Å². The van der Waals surface area contributed by atoms with Crippen LogP contribution in [0.1, 0.15) is 19.3 Å². The Labute approximate surface area is 132 Å². The van der Waals surface area contributed by atoms with Gasteiger partial charge in [0.15, 0.2) is 5.82 Å². The zero-order chi connectivity index (χ0) is 16.2. The highest BCUT2D eigenvalue weighted by atomic mass is 16.6. The number of anilines is 1. The lowest BCUT2D eigenvalue weighted by Crippen LogP contribution is -2.37. The Morgan fingerprint density at radius 3 is 2.87 bits per heavy atom. The predicted molar refractivity (Wildman–Crippen MR) is 82.5 cm³/mol. The van der Waals surface area contributed by atoms with Crippen molar-refractivity contribution < 1.29 is 14.8 Å². The summed E-state index contributed by atoms with van der Waals surface area (Å²) >= 11 is 0. The first-order valence-corrected chi connectivity index (χ1v) is 7.65. The number of nitrogens with zero attached hydrogens (tertiary/aromatic N) is 5. The van der Waals surface area contributed by atoms with Crippen LogP contribution in [-0.4, -0.2) is 57.0 Å². The standard InChI is InChI=1S/C14H19N5O4/c20-8-1-9-23-11-4-6-17(7-5-11)13-3-2-12-15-10-14(19(21)22)18(12)16-13/h2-3,10-11,20H,1,4-9H2. The average molecular weight is 321 g/mol. The second-order valence-electron chi connectivity index (χ2n) is 5.47. The minimum atomic E-state index is -0.488. The molecule has 0 aliphatic carbocycles. The van der Waals surface area contributed by atoms with Crippen LogP contribution in [0.2, 0.25) is 0 Å². The molecule has 1 aliphatic rings. The summed E-state index contributed by atoms with van der Waals surface area (Å²) in [6.45, 7) is 2.29. The Hall–Kier alpha value is -2.26. The topological polar surface area (TPSA) is 106 Å². The number of ether oxygens (including phenoxy) is 1. The SMILES string of the molecule is O=[N+]([O-])c1cnc2ccc(N3CCC(OCCCO)CC3)nn12. The van der Waals surface area contributed by atoms with E-state index in [1.807, 2.05) is 6.07 Å². The summed E-state index contributed by atoms with van der Waals surface area (Å²) in [5.41, 5.74) is 0.461. The molecule has 3 heterocycles. The average Bonchev–Trinajstić information content (AvgIpc) is 2.99. The van der Waals surface area contributed by atoms with Gasteiger partial charge >= 0.3 is 5.82 Å². The zero-order valence-corrected chi connectivity index (χ0v) is 12.7. The Morgan fingerprint density at radius 1 is 1.39 bits per heavy atom. The van der Waals surface area contributed by atoms with E-state index in [2.05, 4.69) is 15.0 Å². The highest BCUT2D eigenvalue weighted by Gasteiger charge is 2.23. The van der Waals surface area contributed by atoms with Crippen LogP contribution >= 0.6 is 0 Å². The molecular weight excluding hydrogens is 302 g/mol. The molecule has 0 aromatic carbocycles. The predicted octanol–water partition coefficient (Wildman–Crippen LogP) is 1.01. The van der Waals surface area contributed by atoms with Gasteiger partial charge in [-0.15, -0.1) is 0 Å². The summed E-state index contributed by atoms with van der Waals surface area (Å²) in [6, 6.07) is 3.57. The van der Waals surface area contributed by atoms with E-state index in [4.69, 9.17) is 9.84 Å². The van der Waals surface area contributed by atoms with E-state index in [9.17, 15) is 10.1 Å². The maximum absolute atomic E-state index is 11.0. The molecule has 124 valence electrons. The number of hydrogen-bond acceptors (Lipinski definition) is 7. The molecular formula is C14H19N5O4. The molecule has 0 atom stereocenters. The second kappa shape index (κ2) is 6.88. The number of hydrogen-bond donors (Lipinski definition) is 1. The van der Waals surface area contributed by atoms with Gasteiger partial charge < -0.3 is 24.9 Å². The molecule has 1 fully saturated rings. The number of aliphatic hydroxyl groups excluding tert-OH is 1. The van der Waals surface area contributed by atoms with Crippen LogP contribution in [0.4, 0.5) is 11.6 Å². The van der Waals surface area contributed by atoms with Crippen molar-refractivity contribution in [3.63, 3.8) is 0 Å². The number of aliphatic hydroxyl groups is 1. The van der Waals surface area contributed by atoms with E-state index in [0.717, 1.165) is 25.9 Å². The maximum atomic E-state index is 11.0. The minimum absolute atomic E-state index is 0.135. The number of fused-ring (bicyclic) bond motifs is 1. The Morgan fingerprint density at radius 2 is 2.17 bits per heavy atom. The minimum Gasteiger partial charge on any atom is -0.396 e. The molecule has 3 rings (SSSR count). The van der Waals surface area contributed by atoms with Gasteiger partial charge in [0, 0.05) is 32.4 Å². The van der Waals surface area contributed by atoms with E-state index in [0.29, 0.717) is 24.5 Å². The van der Waals surface area contributed by atoms with Gasteiger partial charge in [-0.2, -0.15) is 0 Å². The van der Waals surface area contributed by atoms with Crippen molar-refractivity contribution in [2.24, 2.45) is 0 Å². The Balaban J connectivity index is 1.67. The number of piperidine rings is 1. The highest BCUT2D eigenvalue weighted by molar-refractivity contribution is 5.49. The fraction of sp³-hybridized carbons (Fsp3) is 0.571. The van der Waals surface area contributed by atoms with Gasteiger partial charge in [0.05, 0.1) is 6.10 Å². The van der Waals surface area contributed by atoms with Gasteiger partial charge in [-0.25, -0.2) is 4.98 Å². The number of rotatable bonds is 6. The monoisotopic (exact) mass is 321 g/mol. The molecule has 0 spiro atoms. The van der Waals surface area contributed by atoms with Crippen LogP contribution in [0, 0.1) is 10.1 Å². The first-order valence-electron chi connectivity index (χ1n) is 7.65. The molecule has 2 aromatic heterocycles. The summed E-state index contributed by atoms with van der Waals surface area (Å²) in [5.74, 6) is 0.566. The summed E-state index contributed by atoms with van der Waals surface area (Å²) < 4.78 is 6.97. The zero-order valence-electron chi connectivity index (χ0n) is 12.7. The fourth-order valence-electron chi connectivity index (χ4n) is 2.71. The molecule has 1 aliphatic heterocycles. The van der Waals surface area contributed by atoms with Crippen LogP contribution in [0.3, 0.4) is 0 Å². The van der Waals surface area contributed by atoms with Gasteiger partial charge in [-0.1, -0.05) is 9.61 Å². The molecule has 2 aromatic rings. The fourth-order valence-corrected chi connectivity index (χ4v) is 2.71. The van der Waals surface area contributed by atoms with Crippen molar-refractivity contribution in [1.82, 2.24) is 14.6 Å². The molecule has 1 saturated heterocycles. The summed E-state index contributed by atoms with van der Waals surface area (Å²) in [4.78, 5) is 16.6. The first kappa shape index (κ1) is 15.6. The van der Waals surface area contributed by atoms with Crippen molar-refractivity contribution in [2.45, 2.75) is 25.4 Å². The van der Waals surface area contributed by atoms with E-state index in [1.54, 1.807) is 6.07 Å². The van der Waals surface area contributed by atoms with Crippen LogP contribution in [-0.2, 0) is 4.74 Å². The summed E-state index contributed by atoms with van der Waals surface area (Å²) in [5, 5.41) is 24.1. The van der Waals surface area contributed by atoms with E-state index in [-0.39, 0.29) is 18.5 Å².